The Labute approximate surface area is 232 Å². The van der Waals surface area contributed by atoms with Crippen LogP contribution in [0.4, 0.5) is 0 Å². The van der Waals surface area contributed by atoms with Crippen molar-refractivity contribution < 1.29 is 18.5 Å². The van der Waals surface area contributed by atoms with Crippen LogP contribution >= 0.6 is 23.2 Å². The minimum absolute atomic E-state index is 0.0870. The molecule has 4 atom stereocenters. The van der Waals surface area contributed by atoms with Gasteiger partial charge in [0.15, 0.2) is 0 Å². The summed E-state index contributed by atoms with van der Waals surface area (Å²) in [5.74, 6) is 0.452. The van der Waals surface area contributed by atoms with E-state index in [1.807, 2.05) is 59.5 Å². The lowest BCUT2D eigenvalue weighted by atomic mass is 9.79. The van der Waals surface area contributed by atoms with Crippen molar-refractivity contribution >= 4 is 45.9 Å². The Hall–Kier alpha value is -1.89. The van der Waals surface area contributed by atoms with E-state index in [0.29, 0.717) is 23.1 Å². The highest BCUT2D eigenvalue weighted by molar-refractivity contribution is 7.85. The molecule has 2 aromatic carbocycles. The largest absolute Gasteiger partial charge is 0.448 e. The minimum atomic E-state index is -1.01. The van der Waals surface area contributed by atoms with Crippen LogP contribution < -0.4 is 0 Å². The van der Waals surface area contributed by atoms with Crippen molar-refractivity contribution in [3.05, 3.63) is 70.2 Å². The molecule has 5 nitrogen and oxygen atoms in total. The first-order chi connectivity index (χ1) is 17.8. The molecule has 0 aromatic heterocycles. The van der Waals surface area contributed by atoms with Crippen molar-refractivity contribution in [3.8, 4) is 0 Å². The van der Waals surface area contributed by atoms with Gasteiger partial charge in [-0.2, -0.15) is 0 Å². The molecule has 5 rings (SSSR count). The van der Waals surface area contributed by atoms with E-state index in [4.69, 9.17) is 27.9 Å². The molecule has 0 bridgehead atoms. The van der Waals surface area contributed by atoms with Crippen molar-refractivity contribution in [2.24, 2.45) is 5.92 Å². The molecule has 1 saturated carbocycles. The van der Waals surface area contributed by atoms with Crippen LogP contribution in [-0.2, 0) is 25.1 Å². The SMILES string of the molecule is CCC(CC)S(=O)CC(C1CC1)N1C(=O)[C@]2(CCC1c1ccc(Cl)cc1)CC(=O)O2.Clc1ccccc1. The third-order valence-corrected chi connectivity index (χ3v) is 10.2. The van der Waals surface area contributed by atoms with Gasteiger partial charge in [-0.3, -0.25) is 13.8 Å². The van der Waals surface area contributed by atoms with Crippen molar-refractivity contribution in [1.29, 1.82) is 0 Å². The summed E-state index contributed by atoms with van der Waals surface area (Å²) in [6.45, 7) is 4.15. The van der Waals surface area contributed by atoms with Crippen LogP contribution in [0.5, 0.6) is 0 Å². The summed E-state index contributed by atoms with van der Waals surface area (Å²) in [7, 11) is -0.999. The van der Waals surface area contributed by atoms with E-state index in [1.165, 1.54) is 0 Å². The summed E-state index contributed by atoms with van der Waals surface area (Å²) in [6, 6.07) is 16.9. The molecular weight excluding hydrogens is 529 g/mol. The molecule has 2 aliphatic heterocycles. The highest BCUT2D eigenvalue weighted by atomic mass is 35.5. The maximum atomic E-state index is 13.7. The lowest BCUT2D eigenvalue weighted by molar-refractivity contribution is -0.210. The summed E-state index contributed by atoms with van der Waals surface area (Å²) in [4.78, 5) is 27.3. The first-order valence-electron chi connectivity index (χ1n) is 13.2. The molecule has 1 amide bonds. The van der Waals surface area contributed by atoms with Crippen LogP contribution in [0.3, 0.4) is 0 Å². The molecule has 2 aromatic rings. The number of halogens is 2. The van der Waals surface area contributed by atoms with E-state index in [0.717, 1.165) is 42.7 Å². The van der Waals surface area contributed by atoms with Gasteiger partial charge in [-0.05, 0) is 74.3 Å². The molecule has 37 heavy (non-hydrogen) atoms. The van der Waals surface area contributed by atoms with Crippen molar-refractivity contribution in [2.75, 3.05) is 5.75 Å². The first-order valence-corrected chi connectivity index (χ1v) is 15.3. The van der Waals surface area contributed by atoms with Gasteiger partial charge in [-0.25, -0.2) is 0 Å². The van der Waals surface area contributed by atoms with Gasteiger partial charge in [0.1, 0.15) is 0 Å². The van der Waals surface area contributed by atoms with Crippen molar-refractivity contribution in [3.63, 3.8) is 0 Å². The van der Waals surface area contributed by atoms with Crippen LogP contribution in [0.2, 0.25) is 10.0 Å². The minimum Gasteiger partial charge on any atom is -0.448 e. The number of benzene rings is 2. The Balaban J connectivity index is 0.000000396. The predicted octanol–water partition coefficient (Wildman–Crippen LogP) is 6.75. The second kappa shape index (κ2) is 12.3. The molecule has 3 aliphatic rings. The van der Waals surface area contributed by atoms with Crippen molar-refractivity contribution in [2.45, 2.75) is 81.7 Å². The quantitative estimate of drug-likeness (QED) is 0.333. The Morgan fingerprint density at radius 1 is 0.973 bits per heavy atom. The molecule has 0 radical (unpaired) electrons. The summed E-state index contributed by atoms with van der Waals surface area (Å²) in [5.41, 5.74) is 0.0241. The van der Waals surface area contributed by atoms with Gasteiger partial charge >= 0.3 is 5.97 Å². The first kappa shape index (κ1) is 28.1. The third kappa shape index (κ3) is 6.58. The zero-order valence-electron chi connectivity index (χ0n) is 21.4. The van der Waals surface area contributed by atoms with E-state index in [-0.39, 0.29) is 35.6 Å². The monoisotopic (exact) mass is 563 g/mol. The molecule has 0 N–H and O–H groups in total. The van der Waals surface area contributed by atoms with E-state index < -0.39 is 16.4 Å². The van der Waals surface area contributed by atoms with Gasteiger partial charge in [-0.15, -0.1) is 0 Å². The fourth-order valence-corrected chi connectivity index (χ4v) is 7.45. The number of ether oxygens (including phenoxy) is 1. The Bertz CT molecular complexity index is 1090. The Kier molecular flexibility index (Phi) is 9.36. The molecular formula is C29H35Cl2NO4S. The fraction of sp³-hybridized carbons (Fsp3) is 0.517. The van der Waals surface area contributed by atoms with Crippen LogP contribution in [0.25, 0.3) is 0 Å². The number of hydrogen-bond donors (Lipinski definition) is 0. The number of amides is 1. The molecule has 2 heterocycles. The molecule has 200 valence electrons. The number of carbonyl (C=O) groups is 2. The van der Waals surface area contributed by atoms with Crippen LogP contribution in [-0.4, -0.2) is 43.6 Å². The number of hydrogen-bond acceptors (Lipinski definition) is 4. The van der Waals surface area contributed by atoms with Gasteiger partial charge in [0, 0.05) is 37.9 Å². The van der Waals surface area contributed by atoms with Crippen molar-refractivity contribution in [1.82, 2.24) is 4.90 Å². The molecule has 2 saturated heterocycles. The van der Waals surface area contributed by atoms with Crippen LogP contribution in [0, 0.1) is 5.92 Å². The van der Waals surface area contributed by atoms with Gasteiger partial charge in [0.25, 0.3) is 5.91 Å². The Morgan fingerprint density at radius 2 is 1.57 bits per heavy atom. The number of nitrogens with zero attached hydrogens (tertiary/aromatic N) is 1. The fourth-order valence-electron chi connectivity index (χ4n) is 5.39. The summed E-state index contributed by atoms with van der Waals surface area (Å²) >= 11 is 11.6. The van der Waals surface area contributed by atoms with E-state index in [1.54, 1.807) is 0 Å². The zero-order valence-corrected chi connectivity index (χ0v) is 23.7. The van der Waals surface area contributed by atoms with E-state index >= 15 is 0 Å². The highest BCUT2D eigenvalue weighted by Crippen LogP contribution is 2.48. The summed E-state index contributed by atoms with van der Waals surface area (Å²) in [5, 5.41) is 1.60. The molecule has 3 unspecified atom stereocenters. The van der Waals surface area contributed by atoms with Gasteiger partial charge in [0.05, 0.1) is 12.5 Å². The van der Waals surface area contributed by atoms with Crippen LogP contribution in [0.1, 0.15) is 70.4 Å². The molecule has 1 aliphatic carbocycles. The molecule has 8 heteroatoms. The van der Waals surface area contributed by atoms with Gasteiger partial charge in [0.2, 0.25) is 5.60 Å². The summed E-state index contributed by atoms with van der Waals surface area (Å²) < 4.78 is 18.6. The number of likely N-dealkylation sites (tertiary alicyclic amines) is 1. The number of piperidine rings is 1. The topological polar surface area (TPSA) is 63.7 Å². The lowest BCUT2D eigenvalue weighted by Crippen LogP contribution is -2.65. The molecule has 3 fully saturated rings. The maximum absolute atomic E-state index is 13.7. The summed E-state index contributed by atoms with van der Waals surface area (Å²) in [6.07, 6.45) is 5.26. The average Bonchev–Trinajstić information content (AvgIpc) is 3.71. The molecule has 1 spiro atoms. The highest BCUT2D eigenvalue weighted by Gasteiger charge is 2.60. The lowest BCUT2D eigenvalue weighted by Gasteiger charge is -2.51. The van der Waals surface area contributed by atoms with E-state index in [2.05, 4.69) is 13.8 Å². The number of esters is 1. The van der Waals surface area contributed by atoms with Gasteiger partial charge < -0.3 is 9.64 Å². The third-order valence-electron chi connectivity index (χ3n) is 7.65. The Morgan fingerprint density at radius 3 is 2.05 bits per heavy atom. The standard InChI is InChI=1S/C23H30ClNO4S.C6H5Cl/c1-3-18(4-2)30(28)14-20(16-5-6-16)25-19(15-7-9-17(24)10-8-15)11-12-23(22(25)27)13-21(26)29-23;7-6-4-2-1-3-5-6/h7-10,16,18-20H,3-6,11-14H2,1-2H3;1-5H/t19?,20?,23-,30?;/m0./s1. The second-order valence-electron chi connectivity index (χ2n) is 10.1. The normalized spacial score (nSPS) is 24.7. The average molecular weight is 565 g/mol. The zero-order chi connectivity index (χ0) is 26.6. The second-order valence-corrected chi connectivity index (χ2v) is 12.8. The number of carbonyl (C=O) groups excluding carboxylic acids is 2. The predicted molar refractivity (Wildman–Crippen MR) is 149 cm³/mol. The number of rotatable bonds is 8. The smallest absolute Gasteiger partial charge is 0.311 e. The van der Waals surface area contributed by atoms with Crippen LogP contribution in [0.15, 0.2) is 54.6 Å². The maximum Gasteiger partial charge on any atom is 0.311 e. The van der Waals surface area contributed by atoms with Gasteiger partial charge in [-0.1, -0.05) is 67.4 Å². The van der Waals surface area contributed by atoms with E-state index in [9.17, 15) is 13.8 Å².